The van der Waals surface area contributed by atoms with E-state index in [2.05, 4.69) is 37.8 Å². The van der Waals surface area contributed by atoms with Crippen LogP contribution in [0, 0.1) is 5.92 Å². The number of pyridine rings is 1. The predicted octanol–water partition coefficient (Wildman–Crippen LogP) is 2.92. The van der Waals surface area contributed by atoms with Crippen LogP contribution in [0.3, 0.4) is 0 Å². The van der Waals surface area contributed by atoms with Crippen molar-refractivity contribution >= 4 is 17.4 Å². The third kappa shape index (κ3) is 4.60. The fourth-order valence-electron chi connectivity index (χ4n) is 3.93. The average molecular weight is 420 g/mol. The van der Waals surface area contributed by atoms with Crippen molar-refractivity contribution in [2.45, 2.75) is 39.0 Å². The van der Waals surface area contributed by atoms with E-state index in [1.54, 1.807) is 13.1 Å². The summed E-state index contributed by atoms with van der Waals surface area (Å²) in [6.07, 6.45) is 4.00. The first-order valence-corrected chi connectivity index (χ1v) is 10.3. The minimum atomic E-state index is -0.185. The summed E-state index contributed by atoms with van der Waals surface area (Å²) in [5.41, 5.74) is 3.39. The lowest BCUT2D eigenvalue weighted by Gasteiger charge is -2.22. The van der Waals surface area contributed by atoms with Crippen molar-refractivity contribution in [3.63, 3.8) is 0 Å². The largest absolute Gasteiger partial charge is 0.482 e. The molecule has 1 aromatic carbocycles. The lowest BCUT2D eigenvalue weighted by molar-refractivity contribution is -0.121. The fourth-order valence-corrected chi connectivity index (χ4v) is 3.93. The molecule has 2 aromatic heterocycles. The molecule has 31 heavy (non-hydrogen) atoms. The summed E-state index contributed by atoms with van der Waals surface area (Å²) in [7, 11) is 0. The predicted molar refractivity (Wildman–Crippen MR) is 113 cm³/mol. The minimum absolute atomic E-state index is 0.0141. The molecule has 3 heterocycles. The second-order valence-electron chi connectivity index (χ2n) is 7.67. The van der Waals surface area contributed by atoms with Crippen molar-refractivity contribution in [3.8, 4) is 16.9 Å². The van der Waals surface area contributed by atoms with E-state index in [9.17, 15) is 9.59 Å². The summed E-state index contributed by atoms with van der Waals surface area (Å²) in [5, 5.41) is 17.2. The molecule has 9 heteroatoms. The van der Waals surface area contributed by atoms with Crippen molar-refractivity contribution < 1.29 is 14.3 Å². The van der Waals surface area contributed by atoms with E-state index in [-0.39, 0.29) is 30.1 Å². The molecule has 160 valence electrons. The lowest BCUT2D eigenvalue weighted by Crippen LogP contribution is -2.25. The Kier molecular flexibility index (Phi) is 6.01. The van der Waals surface area contributed by atoms with Gasteiger partial charge in [-0.15, -0.1) is 10.2 Å². The van der Waals surface area contributed by atoms with Gasteiger partial charge >= 0.3 is 0 Å². The molecule has 1 aliphatic rings. The van der Waals surface area contributed by atoms with E-state index in [0.717, 1.165) is 29.7 Å². The quantitative estimate of drug-likeness (QED) is 0.574. The molecule has 2 N–H and O–H groups in total. The molecule has 0 spiro atoms. The molecule has 3 aromatic rings. The molecular weight excluding hydrogens is 396 g/mol. The van der Waals surface area contributed by atoms with E-state index in [1.807, 2.05) is 30.3 Å². The van der Waals surface area contributed by atoms with Crippen molar-refractivity contribution in [2.75, 3.05) is 11.9 Å². The van der Waals surface area contributed by atoms with Crippen molar-refractivity contribution in [1.82, 2.24) is 25.6 Å². The summed E-state index contributed by atoms with van der Waals surface area (Å²) in [6.45, 7) is 3.69. The second-order valence-corrected chi connectivity index (χ2v) is 7.67. The minimum Gasteiger partial charge on any atom is -0.482 e. The Morgan fingerprint density at radius 2 is 2.06 bits per heavy atom. The van der Waals surface area contributed by atoms with Crippen LogP contribution in [0.2, 0.25) is 0 Å². The van der Waals surface area contributed by atoms with Crippen molar-refractivity contribution in [3.05, 3.63) is 48.0 Å². The van der Waals surface area contributed by atoms with Gasteiger partial charge in [0.2, 0.25) is 0 Å². The molecule has 0 radical (unpaired) electrons. The molecular formula is C22H24N6O3. The van der Waals surface area contributed by atoms with E-state index in [1.165, 1.54) is 0 Å². The zero-order valence-electron chi connectivity index (χ0n) is 17.5. The number of rotatable bonds is 8. The molecule has 0 aliphatic carbocycles. The molecule has 0 fully saturated rings. The van der Waals surface area contributed by atoms with Gasteiger partial charge < -0.3 is 10.1 Å². The Morgan fingerprint density at radius 1 is 1.23 bits per heavy atom. The smallest absolute Gasteiger partial charge is 0.262 e. The Bertz CT molecular complexity index is 1070. The van der Waals surface area contributed by atoms with Crippen LogP contribution < -0.4 is 10.1 Å². The van der Waals surface area contributed by atoms with Gasteiger partial charge in [-0.05, 0) is 37.1 Å². The van der Waals surface area contributed by atoms with Crippen LogP contribution in [0.15, 0.2) is 36.5 Å². The molecule has 4 rings (SSSR count). The lowest BCUT2D eigenvalue weighted by atomic mass is 9.82. The third-order valence-corrected chi connectivity index (χ3v) is 5.50. The van der Waals surface area contributed by atoms with E-state index in [4.69, 9.17) is 4.74 Å². The Balaban J connectivity index is 1.55. The molecule has 0 saturated carbocycles. The van der Waals surface area contributed by atoms with E-state index >= 15 is 0 Å². The van der Waals surface area contributed by atoms with Crippen LogP contribution in [0.5, 0.6) is 5.75 Å². The highest BCUT2D eigenvalue weighted by molar-refractivity contribution is 5.95. The first-order valence-electron chi connectivity index (χ1n) is 10.3. The number of ketones is 1. The number of aromatic amines is 1. The third-order valence-electron chi connectivity index (χ3n) is 5.50. The molecule has 2 atom stereocenters. The van der Waals surface area contributed by atoms with Crippen LogP contribution in [0.25, 0.3) is 11.1 Å². The SMILES string of the molecule is CCC[C@H](C(C)=O)[C@H](Cc1ccc(-c2ccc3c(c2)OCC(=O)N3)cn1)c1nn[nH]n1. The standard InChI is InChI=1S/C22H24N6O3/c1-3-4-17(13(2)29)18(22-25-27-28-26-22)10-16-7-5-15(11-23-16)14-6-8-19-20(9-14)31-12-21(30)24-19/h5-9,11,17-18H,3-4,10,12H2,1-2H3,(H,24,30)(H,25,26,27,28)/t17-,18+/m1/s1. The number of ether oxygens (including phenoxy) is 1. The molecule has 0 bridgehead atoms. The maximum Gasteiger partial charge on any atom is 0.262 e. The highest BCUT2D eigenvalue weighted by Gasteiger charge is 2.30. The van der Waals surface area contributed by atoms with Crippen LogP contribution in [0.1, 0.15) is 44.1 Å². The fraction of sp³-hybridized carbons (Fsp3) is 0.364. The number of Topliss-reactive ketones (excluding diaryl/α,β-unsaturated/α-hetero) is 1. The second kappa shape index (κ2) is 9.03. The Morgan fingerprint density at radius 3 is 2.74 bits per heavy atom. The highest BCUT2D eigenvalue weighted by Crippen LogP contribution is 2.33. The van der Waals surface area contributed by atoms with Gasteiger partial charge in [-0.3, -0.25) is 14.6 Å². The van der Waals surface area contributed by atoms with Crippen LogP contribution in [-0.2, 0) is 16.0 Å². The number of fused-ring (bicyclic) bond motifs is 1. The number of H-pyrrole nitrogens is 1. The maximum atomic E-state index is 12.3. The Hall–Kier alpha value is -3.62. The van der Waals surface area contributed by atoms with Gasteiger partial charge in [0.1, 0.15) is 11.5 Å². The topological polar surface area (TPSA) is 123 Å². The molecule has 0 saturated heterocycles. The van der Waals surface area contributed by atoms with Gasteiger partial charge in [-0.25, -0.2) is 0 Å². The normalized spacial score (nSPS) is 14.8. The molecule has 1 amide bonds. The molecule has 0 unspecified atom stereocenters. The summed E-state index contributed by atoms with van der Waals surface area (Å²) < 4.78 is 5.50. The van der Waals surface area contributed by atoms with Gasteiger partial charge in [0, 0.05) is 35.7 Å². The molecule has 1 aliphatic heterocycles. The monoisotopic (exact) mass is 420 g/mol. The summed E-state index contributed by atoms with van der Waals surface area (Å²) in [4.78, 5) is 28.4. The maximum absolute atomic E-state index is 12.3. The van der Waals surface area contributed by atoms with Gasteiger partial charge in [-0.2, -0.15) is 5.21 Å². The van der Waals surface area contributed by atoms with E-state index in [0.29, 0.717) is 23.7 Å². The van der Waals surface area contributed by atoms with Gasteiger partial charge in [-0.1, -0.05) is 30.7 Å². The number of nitrogens with zero attached hydrogens (tertiary/aromatic N) is 4. The van der Waals surface area contributed by atoms with Gasteiger partial charge in [0.15, 0.2) is 12.4 Å². The summed E-state index contributed by atoms with van der Waals surface area (Å²) >= 11 is 0. The van der Waals surface area contributed by atoms with E-state index < -0.39 is 0 Å². The summed E-state index contributed by atoms with van der Waals surface area (Å²) in [5.74, 6) is 0.770. The number of carbonyl (C=O) groups is 2. The number of hydrogen-bond donors (Lipinski definition) is 2. The number of nitrogens with one attached hydrogen (secondary N) is 2. The number of tetrazole rings is 1. The van der Waals surface area contributed by atoms with Crippen LogP contribution in [-0.4, -0.2) is 43.9 Å². The number of aromatic nitrogens is 5. The van der Waals surface area contributed by atoms with Gasteiger partial charge in [0.05, 0.1) is 5.69 Å². The number of amides is 1. The first kappa shape index (κ1) is 20.6. The number of anilines is 1. The highest BCUT2D eigenvalue weighted by atomic mass is 16.5. The first-order chi connectivity index (χ1) is 15.0. The van der Waals surface area contributed by atoms with Gasteiger partial charge in [0.25, 0.3) is 5.91 Å². The number of benzene rings is 1. The number of hydrogen-bond acceptors (Lipinski definition) is 7. The average Bonchev–Trinajstić information content (AvgIpc) is 3.31. The van der Waals surface area contributed by atoms with Crippen molar-refractivity contribution in [2.24, 2.45) is 5.92 Å². The van der Waals surface area contributed by atoms with Crippen LogP contribution >= 0.6 is 0 Å². The number of carbonyl (C=O) groups excluding carboxylic acids is 2. The molecule has 9 nitrogen and oxygen atoms in total. The Labute approximate surface area is 179 Å². The van der Waals surface area contributed by atoms with Crippen molar-refractivity contribution in [1.29, 1.82) is 0 Å². The van der Waals surface area contributed by atoms with Crippen LogP contribution in [0.4, 0.5) is 5.69 Å². The zero-order valence-corrected chi connectivity index (χ0v) is 17.5. The zero-order chi connectivity index (χ0) is 21.8. The summed E-state index contributed by atoms with van der Waals surface area (Å²) in [6, 6.07) is 9.57.